The van der Waals surface area contributed by atoms with Crippen LogP contribution in [0.5, 0.6) is 0 Å². The summed E-state index contributed by atoms with van der Waals surface area (Å²) in [5, 5.41) is 9.33. The van der Waals surface area contributed by atoms with Crippen molar-refractivity contribution in [1.82, 2.24) is 14.8 Å². The number of nitrogens with one attached hydrogen (secondary N) is 1. The SMILES string of the molecule is Cc1ccc(-c2csc(NC(=O)c3ccnn3C)n2)cc1C. The maximum absolute atomic E-state index is 12.1. The highest BCUT2D eigenvalue weighted by molar-refractivity contribution is 7.14. The van der Waals surface area contributed by atoms with Crippen molar-refractivity contribution in [2.75, 3.05) is 5.32 Å². The van der Waals surface area contributed by atoms with Crippen LogP contribution < -0.4 is 5.32 Å². The van der Waals surface area contributed by atoms with Crippen LogP contribution in [0.4, 0.5) is 5.13 Å². The van der Waals surface area contributed by atoms with Gasteiger partial charge in [0.1, 0.15) is 5.69 Å². The molecule has 0 aliphatic carbocycles. The highest BCUT2D eigenvalue weighted by Gasteiger charge is 2.13. The molecule has 3 aromatic rings. The predicted octanol–water partition coefficient (Wildman–Crippen LogP) is 3.41. The van der Waals surface area contributed by atoms with Gasteiger partial charge in [-0.25, -0.2) is 4.98 Å². The lowest BCUT2D eigenvalue weighted by molar-refractivity contribution is 0.101. The first-order valence-corrected chi connectivity index (χ1v) is 7.75. The zero-order chi connectivity index (χ0) is 15.7. The number of anilines is 1. The molecule has 1 amide bonds. The van der Waals surface area contributed by atoms with E-state index >= 15 is 0 Å². The van der Waals surface area contributed by atoms with Gasteiger partial charge >= 0.3 is 0 Å². The van der Waals surface area contributed by atoms with Crippen molar-refractivity contribution in [2.45, 2.75) is 13.8 Å². The number of hydrogen-bond acceptors (Lipinski definition) is 4. The first-order valence-electron chi connectivity index (χ1n) is 6.87. The van der Waals surface area contributed by atoms with Crippen molar-refractivity contribution >= 4 is 22.4 Å². The van der Waals surface area contributed by atoms with Crippen LogP contribution in [0.15, 0.2) is 35.8 Å². The van der Waals surface area contributed by atoms with Crippen LogP contribution in [0.3, 0.4) is 0 Å². The number of thiazole rings is 1. The second-order valence-electron chi connectivity index (χ2n) is 5.13. The number of hydrogen-bond donors (Lipinski definition) is 1. The van der Waals surface area contributed by atoms with E-state index in [1.54, 1.807) is 19.3 Å². The number of aryl methyl sites for hydroxylation is 3. The zero-order valence-corrected chi connectivity index (χ0v) is 13.4. The van der Waals surface area contributed by atoms with Crippen LogP contribution in [-0.2, 0) is 7.05 Å². The number of rotatable bonds is 3. The van der Waals surface area contributed by atoms with E-state index in [4.69, 9.17) is 0 Å². The zero-order valence-electron chi connectivity index (χ0n) is 12.6. The number of carbonyl (C=O) groups excluding carboxylic acids is 1. The Morgan fingerprint density at radius 3 is 2.73 bits per heavy atom. The van der Waals surface area contributed by atoms with Crippen molar-refractivity contribution in [3.63, 3.8) is 0 Å². The first kappa shape index (κ1) is 14.5. The Kier molecular flexibility index (Phi) is 3.77. The molecule has 112 valence electrons. The molecule has 2 heterocycles. The highest BCUT2D eigenvalue weighted by Crippen LogP contribution is 2.26. The maximum Gasteiger partial charge on any atom is 0.275 e. The summed E-state index contributed by atoms with van der Waals surface area (Å²) in [4.78, 5) is 16.6. The minimum atomic E-state index is -0.207. The Balaban J connectivity index is 1.80. The largest absolute Gasteiger partial charge is 0.296 e. The molecule has 0 bridgehead atoms. The fraction of sp³-hybridized carbons (Fsp3) is 0.188. The van der Waals surface area contributed by atoms with E-state index < -0.39 is 0 Å². The summed E-state index contributed by atoms with van der Waals surface area (Å²) in [5.41, 5.74) is 4.91. The Labute approximate surface area is 132 Å². The molecule has 1 N–H and O–H groups in total. The molecule has 5 nitrogen and oxygen atoms in total. The summed E-state index contributed by atoms with van der Waals surface area (Å²) in [7, 11) is 1.73. The predicted molar refractivity (Wildman–Crippen MR) is 88.2 cm³/mol. The lowest BCUT2D eigenvalue weighted by Crippen LogP contribution is -2.15. The van der Waals surface area contributed by atoms with Gasteiger partial charge in [0.15, 0.2) is 5.13 Å². The van der Waals surface area contributed by atoms with Gasteiger partial charge in [-0.3, -0.25) is 14.8 Å². The van der Waals surface area contributed by atoms with Crippen molar-refractivity contribution in [3.8, 4) is 11.3 Å². The molecule has 0 aliphatic heterocycles. The number of nitrogens with zero attached hydrogens (tertiary/aromatic N) is 3. The lowest BCUT2D eigenvalue weighted by atomic mass is 10.1. The van der Waals surface area contributed by atoms with E-state index in [0.29, 0.717) is 10.8 Å². The van der Waals surface area contributed by atoms with E-state index in [1.807, 2.05) is 11.4 Å². The molecule has 0 unspecified atom stereocenters. The van der Waals surface area contributed by atoms with Crippen molar-refractivity contribution in [1.29, 1.82) is 0 Å². The fourth-order valence-corrected chi connectivity index (χ4v) is 2.84. The smallest absolute Gasteiger partial charge is 0.275 e. The normalized spacial score (nSPS) is 10.7. The number of amides is 1. The van der Waals surface area contributed by atoms with Crippen molar-refractivity contribution < 1.29 is 4.79 Å². The van der Waals surface area contributed by atoms with Gasteiger partial charge in [0.2, 0.25) is 0 Å². The minimum Gasteiger partial charge on any atom is -0.296 e. The first-order chi connectivity index (χ1) is 10.5. The molecular formula is C16H16N4OS. The van der Waals surface area contributed by atoms with Crippen molar-refractivity contribution in [3.05, 3.63) is 52.7 Å². The molecule has 22 heavy (non-hydrogen) atoms. The van der Waals surface area contributed by atoms with Crippen LogP contribution in [0.25, 0.3) is 11.3 Å². The summed E-state index contributed by atoms with van der Waals surface area (Å²) in [6, 6.07) is 7.91. The summed E-state index contributed by atoms with van der Waals surface area (Å²) >= 11 is 1.41. The van der Waals surface area contributed by atoms with Gasteiger partial charge in [0, 0.05) is 24.2 Å². The molecule has 0 spiro atoms. The summed E-state index contributed by atoms with van der Waals surface area (Å²) in [6.07, 6.45) is 1.59. The lowest BCUT2D eigenvalue weighted by Gasteiger charge is -2.03. The quantitative estimate of drug-likeness (QED) is 0.806. The second-order valence-corrected chi connectivity index (χ2v) is 5.99. The van der Waals surface area contributed by atoms with Gasteiger partial charge in [-0.1, -0.05) is 12.1 Å². The molecule has 0 aliphatic rings. The summed E-state index contributed by atoms with van der Waals surface area (Å²) < 4.78 is 1.53. The number of benzene rings is 1. The van der Waals surface area contributed by atoms with Gasteiger partial charge in [0.05, 0.1) is 5.69 Å². The molecule has 0 saturated heterocycles. The summed E-state index contributed by atoms with van der Waals surface area (Å²) in [5.74, 6) is -0.207. The second kappa shape index (κ2) is 5.73. The van der Waals surface area contributed by atoms with E-state index in [9.17, 15) is 4.79 Å². The third-order valence-corrected chi connectivity index (χ3v) is 4.34. The molecule has 0 radical (unpaired) electrons. The third kappa shape index (κ3) is 2.78. The van der Waals surface area contributed by atoms with Gasteiger partial charge in [-0.2, -0.15) is 5.10 Å². The molecule has 1 aromatic carbocycles. The van der Waals surface area contributed by atoms with E-state index in [2.05, 4.69) is 41.4 Å². The Morgan fingerprint density at radius 2 is 2.05 bits per heavy atom. The summed E-state index contributed by atoms with van der Waals surface area (Å²) in [6.45, 7) is 4.16. The third-order valence-electron chi connectivity index (χ3n) is 3.58. The highest BCUT2D eigenvalue weighted by atomic mass is 32.1. The maximum atomic E-state index is 12.1. The fourth-order valence-electron chi connectivity index (χ4n) is 2.12. The standard InChI is InChI=1S/C16H16N4OS/c1-10-4-5-12(8-11(10)2)13-9-22-16(18-13)19-15(21)14-6-7-17-20(14)3/h4-9H,1-3H3,(H,18,19,21). The van der Waals surface area contributed by atoms with Gasteiger partial charge < -0.3 is 0 Å². The van der Waals surface area contributed by atoms with E-state index in [0.717, 1.165) is 11.3 Å². The molecule has 0 atom stereocenters. The van der Waals surface area contributed by atoms with Crippen molar-refractivity contribution in [2.24, 2.45) is 7.05 Å². The van der Waals surface area contributed by atoms with Gasteiger partial charge in [-0.15, -0.1) is 11.3 Å². The van der Waals surface area contributed by atoms with Crippen LogP contribution in [0.1, 0.15) is 21.6 Å². The van der Waals surface area contributed by atoms with Crippen LogP contribution in [0.2, 0.25) is 0 Å². The molecule has 0 saturated carbocycles. The Morgan fingerprint density at radius 1 is 1.23 bits per heavy atom. The average Bonchev–Trinajstić information content (AvgIpc) is 3.11. The molecule has 6 heteroatoms. The Bertz CT molecular complexity index is 834. The minimum absolute atomic E-state index is 0.207. The van der Waals surface area contributed by atoms with Crippen LogP contribution >= 0.6 is 11.3 Å². The number of aromatic nitrogens is 3. The number of carbonyl (C=O) groups is 1. The average molecular weight is 312 g/mol. The topological polar surface area (TPSA) is 59.8 Å². The van der Waals surface area contributed by atoms with E-state index in [1.165, 1.54) is 27.1 Å². The molecule has 2 aromatic heterocycles. The van der Waals surface area contributed by atoms with E-state index in [-0.39, 0.29) is 5.91 Å². The van der Waals surface area contributed by atoms with Gasteiger partial charge in [0.25, 0.3) is 5.91 Å². The monoisotopic (exact) mass is 312 g/mol. The van der Waals surface area contributed by atoms with Crippen LogP contribution in [0, 0.1) is 13.8 Å². The molecule has 3 rings (SSSR count). The Hall–Kier alpha value is -2.47. The molecular weight excluding hydrogens is 296 g/mol. The van der Waals surface area contributed by atoms with Gasteiger partial charge in [-0.05, 0) is 37.1 Å². The molecule has 0 fully saturated rings. The van der Waals surface area contributed by atoms with Crippen LogP contribution in [-0.4, -0.2) is 20.7 Å².